The lowest BCUT2D eigenvalue weighted by Gasteiger charge is -2.16. The lowest BCUT2D eigenvalue weighted by molar-refractivity contribution is -0.135. The van der Waals surface area contributed by atoms with Crippen LogP contribution >= 0.6 is 11.3 Å². The van der Waals surface area contributed by atoms with Crippen LogP contribution in [0, 0.1) is 5.92 Å². The lowest BCUT2D eigenvalue weighted by atomic mass is 10.1. The molecule has 1 unspecified atom stereocenters. The van der Waals surface area contributed by atoms with Crippen molar-refractivity contribution in [2.75, 3.05) is 6.61 Å². The second kappa shape index (κ2) is 7.91. The Kier molecular flexibility index (Phi) is 6.52. The van der Waals surface area contributed by atoms with Crippen molar-refractivity contribution in [3.8, 4) is 0 Å². The lowest BCUT2D eigenvalue weighted by Crippen LogP contribution is -2.32. The van der Waals surface area contributed by atoms with Crippen molar-refractivity contribution < 1.29 is 14.4 Å². The number of amides is 2. The van der Waals surface area contributed by atoms with E-state index in [0.717, 1.165) is 4.88 Å². The zero-order valence-corrected chi connectivity index (χ0v) is 12.3. The van der Waals surface area contributed by atoms with Crippen LogP contribution in [0.2, 0.25) is 0 Å². The van der Waals surface area contributed by atoms with Crippen LogP contribution in [0.25, 0.3) is 0 Å². The smallest absolute Gasteiger partial charge is 0.245 e. The molecule has 5 nitrogen and oxygen atoms in total. The van der Waals surface area contributed by atoms with E-state index in [-0.39, 0.29) is 24.3 Å². The molecule has 106 valence electrons. The molecule has 0 saturated carbocycles. The van der Waals surface area contributed by atoms with E-state index in [0.29, 0.717) is 12.5 Å². The molecule has 19 heavy (non-hydrogen) atoms. The summed E-state index contributed by atoms with van der Waals surface area (Å²) in [6.45, 7) is 5.90. The Morgan fingerprint density at radius 3 is 2.68 bits per heavy atom. The molecule has 1 aromatic heterocycles. The molecular weight excluding hydrogens is 264 g/mol. The van der Waals surface area contributed by atoms with E-state index in [1.54, 1.807) is 0 Å². The zero-order chi connectivity index (χ0) is 14.3. The molecule has 0 radical (unpaired) electrons. The average molecular weight is 284 g/mol. The molecule has 0 aliphatic rings. The van der Waals surface area contributed by atoms with Crippen LogP contribution in [0.15, 0.2) is 17.5 Å². The number of carbonyl (C=O) groups is 2. The molecule has 1 aromatic rings. The fraction of sp³-hybridized carbons (Fsp3) is 0.538. The van der Waals surface area contributed by atoms with Gasteiger partial charge in [0, 0.05) is 11.8 Å². The topological polar surface area (TPSA) is 67.4 Å². The van der Waals surface area contributed by atoms with Gasteiger partial charge in [-0.3, -0.25) is 14.4 Å². The largest absolute Gasteiger partial charge is 0.348 e. The van der Waals surface area contributed by atoms with Gasteiger partial charge in [-0.15, -0.1) is 11.3 Å². The van der Waals surface area contributed by atoms with Crippen molar-refractivity contribution in [1.29, 1.82) is 0 Å². The van der Waals surface area contributed by atoms with E-state index in [4.69, 9.17) is 4.84 Å². The van der Waals surface area contributed by atoms with Crippen LogP contribution in [-0.4, -0.2) is 18.4 Å². The standard InChI is InChI=1S/C13H20N2O3S/c1-9(2)8-18-15-13(17)7-11(14-10(3)16)12-5-4-6-19-12/h4-6,9,11H,7-8H2,1-3H3,(H,14,16)(H,15,17). The number of hydroxylamine groups is 1. The Balaban J connectivity index is 2.48. The summed E-state index contributed by atoms with van der Waals surface area (Å²) in [6.07, 6.45) is 0.165. The van der Waals surface area contributed by atoms with Crippen molar-refractivity contribution in [2.24, 2.45) is 5.92 Å². The molecule has 1 rings (SSSR count). The molecule has 0 bridgehead atoms. The van der Waals surface area contributed by atoms with Crippen molar-refractivity contribution in [2.45, 2.75) is 33.2 Å². The molecule has 0 spiro atoms. The maximum Gasteiger partial charge on any atom is 0.245 e. The highest BCUT2D eigenvalue weighted by atomic mass is 32.1. The Hall–Kier alpha value is -1.40. The predicted octanol–water partition coefficient (Wildman–Crippen LogP) is 2.02. The molecule has 1 atom stereocenters. The second-order valence-electron chi connectivity index (χ2n) is 4.70. The monoisotopic (exact) mass is 284 g/mol. The van der Waals surface area contributed by atoms with Crippen LogP contribution in [0.3, 0.4) is 0 Å². The molecule has 0 aromatic carbocycles. The summed E-state index contributed by atoms with van der Waals surface area (Å²) in [7, 11) is 0. The highest BCUT2D eigenvalue weighted by Crippen LogP contribution is 2.21. The molecule has 0 aliphatic carbocycles. The third-order valence-corrected chi connectivity index (χ3v) is 3.24. The van der Waals surface area contributed by atoms with E-state index in [1.165, 1.54) is 18.3 Å². The van der Waals surface area contributed by atoms with Crippen molar-refractivity contribution in [1.82, 2.24) is 10.8 Å². The van der Waals surface area contributed by atoms with Crippen LogP contribution in [-0.2, 0) is 14.4 Å². The van der Waals surface area contributed by atoms with Gasteiger partial charge in [-0.2, -0.15) is 0 Å². The normalized spacial score (nSPS) is 12.2. The Morgan fingerprint density at radius 1 is 1.42 bits per heavy atom. The second-order valence-corrected chi connectivity index (χ2v) is 5.68. The van der Waals surface area contributed by atoms with Gasteiger partial charge >= 0.3 is 0 Å². The average Bonchev–Trinajstić information content (AvgIpc) is 2.80. The van der Waals surface area contributed by atoms with Gasteiger partial charge in [0.15, 0.2) is 0 Å². The number of hydrogen-bond acceptors (Lipinski definition) is 4. The molecular formula is C13H20N2O3S. The van der Waals surface area contributed by atoms with E-state index >= 15 is 0 Å². The van der Waals surface area contributed by atoms with Gasteiger partial charge in [0.1, 0.15) is 0 Å². The van der Waals surface area contributed by atoms with Crippen molar-refractivity contribution in [3.63, 3.8) is 0 Å². The van der Waals surface area contributed by atoms with Gasteiger partial charge in [-0.25, -0.2) is 5.48 Å². The van der Waals surface area contributed by atoms with Crippen molar-refractivity contribution >= 4 is 23.2 Å². The van der Waals surface area contributed by atoms with Gasteiger partial charge in [-0.1, -0.05) is 19.9 Å². The number of carbonyl (C=O) groups excluding carboxylic acids is 2. The minimum Gasteiger partial charge on any atom is -0.348 e. The zero-order valence-electron chi connectivity index (χ0n) is 11.4. The molecule has 1 heterocycles. The first-order valence-electron chi connectivity index (χ1n) is 6.20. The number of thiophene rings is 1. The fourth-order valence-electron chi connectivity index (χ4n) is 1.47. The maximum atomic E-state index is 11.7. The summed E-state index contributed by atoms with van der Waals surface area (Å²) < 4.78 is 0. The summed E-state index contributed by atoms with van der Waals surface area (Å²) >= 11 is 1.51. The van der Waals surface area contributed by atoms with E-state index in [2.05, 4.69) is 10.8 Å². The third-order valence-electron chi connectivity index (χ3n) is 2.26. The highest BCUT2D eigenvalue weighted by Gasteiger charge is 2.18. The first-order chi connectivity index (χ1) is 8.99. The molecule has 6 heteroatoms. The minimum absolute atomic E-state index is 0.158. The van der Waals surface area contributed by atoms with Crippen LogP contribution in [0.1, 0.15) is 38.1 Å². The van der Waals surface area contributed by atoms with Gasteiger partial charge in [0.05, 0.1) is 19.1 Å². The fourth-order valence-corrected chi connectivity index (χ4v) is 2.25. The molecule has 2 N–H and O–H groups in total. The summed E-state index contributed by atoms with van der Waals surface area (Å²) in [5.74, 6) is -0.0502. The van der Waals surface area contributed by atoms with Crippen LogP contribution < -0.4 is 10.8 Å². The molecule has 0 saturated heterocycles. The van der Waals surface area contributed by atoms with Gasteiger partial charge in [-0.05, 0) is 17.4 Å². The summed E-state index contributed by atoms with van der Waals surface area (Å²) in [5.41, 5.74) is 2.39. The van der Waals surface area contributed by atoms with E-state index in [1.807, 2.05) is 31.4 Å². The number of nitrogens with one attached hydrogen (secondary N) is 2. The van der Waals surface area contributed by atoms with Gasteiger partial charge in [0.25, 0.3) is 0 Å². The van der Waals surface area contributed by atoms with E-state index < -0.39 is 0 Å². The molecule has 0 fully saturated rings. The predicted molar refractivity (Wildman–Crippen MR) is 74.4 cm³/mol. The first kappa shape index (κ1) is 15.7. The SMILES string of the molecule is CC(=O)NC(CC(=O)NOCC(C)C)c1cccs1. The third kappa shape index (κ3) is 6.35. The summed E-state index contributed by atoms with van der Waals surface area (Å²) in [5, 5.41) is 4.68. The summed E-state index contributed by atoms with van der Waals surface area (Å²) in [4.78, 5) is 28.9. The maximum absolute atomic E-state index is 11.7. The Morgan fingerprint density at radius 2 is 2.16 bits per heavy atom. The Bertz CT molecular complexity index is 404. The van der Waals surface area contributed by atoms with E-state index in [9.17, 15) is 9.59 Å². The molecule has 2 amide bonds. The quantitative estimate of drug-likeness (QED) is 0.753. The number of rotatable bonds is 7. The Labute approximate surface area is 117 Å². The molecule has 0 aliphatic heterocycles. The van der Waals surface area contributed by atoms with Gasteiger partial charge < -0.3 is 5.32 Å². The van der Waals surface area contributed by atoms with Crippen molar-refractivity contribution in [3.05, 3.63) is 22.4 Å². The van der Waals surface area contributed by atoms with Gasteiger partial charge in [0.2, 0.25) is 11.8 Å². The minimum atomic E-state index is -0.305. The highest BCUT2D eigenvalue weighted by molar-refractivity contribution is 7.10. The van der Waals surface area contributed by atoms with Crippen LogP contribution in [0.5, 0.6) is 0 Å². The first-order valence-corrected chi connectivity index (χ1v) is 7.08. The summed E-state index contributed by atoms with van der Waals surface area (Å²) in [6, 6.07) is 3.48. The van der Waals surface area contributed by atoms with Crippen LogP contribution in [0.4, 0.5) is 0 Å². The number of hydrogen-bond donors (Lipinski definition) is 2.